The van der Waals surface area contributed by atoms with Gasteiger partial charge >= 0.3 is 5.97 Å². The monoisotopic (exact) mass is 283 g/mol. The highest BCUT2D eigenvalue weighted by Gasteiger charge is 2.17. The van der Waals surface area contributed by atoms with Crippen LogP contribution in [0.3, 0.4) is 0 Å². The van der Waals surface area contributed by atoms with Crippen molar-refractivity contribution < 1.29 is 9.53 Å². The molecule has 4 heteroatoms. The van der Waals surface area contributed by atoms with Crippen molar-refractivity contribution in [3.8, 4) is 0 Å². The van der Waals surface area contributed by atoms with Gasteiger partial charge in [-0.2, -0.15) is 0 Å². The number of carbonyl (C=O) groups is 1. The van der Waals surface area contributed by atoms with Crippen LogP contribution in [0.2, 0.25) is 0 Å². The highest BCUT2D eigenvalue weighted by atomic mass is 79.9. The van der Waals surface area contributed by atoms with E-state index in [-0.39, 0.29) is 5.97 Å². The number of aromatic nitrogens is 1. The average molecular weight is 284 g/mol. The zero-order valence-electron chi connectivity index (χ0n) is 9.58. The van der Waals surface area contributed by atoms with Crippen LogP contribution in [0.5, 0.6) is 0 Å². The van der Waals surface area contributed by atoms with Crippen LogP contribution in [0.15, 0.2) is 28.9 Å². The molecule has 0 bridgehead atoms. The molecule has 0 radical (unpaired) electrons. The van der Waals surface area contributed by atoms with Crippen molar-refractivity contribution >= 4 is 21.9 Å². The first kappa shape index (κ1) is 12.9. The van der Waals surface area contributed by atoms with E-state index in [9.17, 15) is 4.79 Å². The first-order valence-electron chi connectivity index (χ1n) is 4.86. The van der Waals surface area contributed by atoms with Crippen LogP contribution in [0.4, 0.5) is 0 Å². The molecule has 1 unspecified atom stereocenters. The maximum absolute atomic E-state index is 11.0. The van der Waals surface area contributed by atoms with Gasteiger partial charge in [0.05, 0.1) is 5.69 Å². The zero-order chi connectivity index (χ0) is 12.3. The summed E-state index contributed by atoms with van der Waals surface area (Å²) in [6.07, 6.45) is 1.23. The normalized spacial score (nSPS) is 12.0. The number of rotatable bonds is 3. The maximum atomic E-state index is 11.0. The number of aryl methyl sites for hydroxylation is 1. The molecule has 1 aromatic rings. The van der Waals surface area contributed by atoms with Crippen LogP contribution in [0.1, 0.15) is 31.2 Å². The molecule has 0 amide bonds. The fraction of sp³-hybridized carbons (Fsp3) is 0.333. The van der Waals surface area contributed by atoms with Crippen LogP contribution < -0.4 is 0 Å². The molecular formula is C12H14BrNO2. The summed E-state index contributed by atoms with van der Waals surface area (Å²) in [4.78, 5) is 15.2. The Balaban J connectivity index is 3.06. The van der Waals surface area contributed by atoms with Crippen LogP contribution in [-0.2, 0) is 9.53 Å². The molecule has 0 N–H and O–H groups in total. The molecule has 1 atom stereocenters. The number of halogens is 1. The Morgan fingerprint density at radius 1 is 1.56 bits per heavy atom. The Kier molecular flexibility index (Phi) is 4.24. The summed E-state index contributed by atoms with van der Waals surface area (Å²) in [5, 5.41) is 0. The van der Waals surface area contributed by atoms with Gasteiger partial charge in [-0.3, -0.25) is 9.78 Å². The van der Waals surface area contributed by atoms with E-state index in [0.29, 0.717) is 5.69 Å². The molecule has 0 aliphatic rings. The third-order valence-electron chi connectivity index (χ3n) is 2.07. The molecule has 0 aliphatic carbocycles. The summed E-state index contributed by atoms with van der Waals surface area (Å²) >= 11 is 3.37. The molecule has 16 heavy (non-hydrogen) atoms. The van der Waals surface area contributed by atoms with Gasteiger partial charge in [0, 0.05) is 17.6 Å². The second-order valence-corrected chi connectivity index (χ2v) is 4.55. The van der Waals surface area contributed by atoms with E-state index in [1.54, 1.807) is 6.20 Å². The molecule has 86 valence electrons. The van der Waals surface area contributed by atoms with Gasteiger partial charge in [0.2, 0.25) is 0 Å². The number of hydrogen-bond acceptors (Lipinski definition) is 3. The Labute approximate surface area is 104 Å². The molecule has 1 rings (SSSR count). The summed E-state index contributed by atoms with van der Waals surface area (Å²) in [5.74, 6) is -0.338. The minimum atomic E-state index is -0.468. The Morgan fingerprint density at radius 3 is 2.62 bits per heavy atom. The van der Waals surface area contributed by atoms with Crippen LogP contribution in [-0.4, -0.2) is 11.0 Å². The topological polar surface area (TPSA) is 39.2 Å². The van der Waals surface area contributed by atoms with Gasteiger partial charge in [0.15, 0.2) is 6.10 Å². The van der Waals surface area contributed by atoms with E-state index in [1.165, 1.54) is 6.92 Å². The molecule has 1 aromatic heterocycles. The number of carbonyl (C=O) groups excluding carboxylic acids is 1. The number of pyridine rings is 1. The highest BCUT2D eigenvalue weighted by molar-refractivity contribution is 9.10. The van der Waals surface area contributed by atoms with E-state index in [0.717, 1.165) is 15.6 Å². The molecule has 0 aliphatic heterocycles. The Morgan fingerprint density at radius 2 is 2.19 bits per heavy atom. The summed E-state index contributed by atoms with van der Waals surface area (Å²) < 4.78 is 6.11. The number of esters is 1. The van der Waals surface area contributed by atoms with E-state index < -0.39 is 6.10 Å². The predicted octanol–water partition coefficient (Wildman–Crippen LogP) is 3.33. The quantitative estimate of drug-likeness (QED) is 0.631. The van der Waals surface area contributed by atoms with Crippen molar-refractivity contribution in [2.75, 3.05) is 0 Å². The fourth-order valence-corrected chi connectivity index (χ4v) is 1.50. The Hall–Kier alpha value is -1.16. The number of nitrogens with zero attached hydrogens (tertiary/aromatic N) is 1. The lowest BCUT2D eigenvalue weighted by Crippen LogP contribution is -2.11. The molecule has 0 spiro atoms. The van der Waals surface area contributed by atoms with Crippen LogP contribution >= 0.6 is 15.9 Å². The van der Waals surface area contributed by atoms with Crippen molar-refractivity contribution in [1.29, 1.82) is 0 Å². The second kappa shape index (κ2) is 5.25. The third kappa shape index (κ3) is 3.17. The lowest BCUT2D eigenvalue weighted by Gasteiger charge is -2.17. The first-order chi connectivity index (χ1) is 7.41. The van der Waals surface area contributed by atoms with E-state index in [1.807, 2.05) is 19.9 Å². The summed E-state index contributed by atoms with van der Waals surface area (Å²) in [7, 11) is 0. The third-order valence-corrected chi connectivity index (χ3v) is 2.90. The average Bonchev–Trinajstić information content (AvgIpc) is 2.18. The minimum Gasteiger partial charge on any atom is -0.451 e. The first-order valence-corrected chi connectivity index (χ1v) is 5.65. The van der Waals surface area contributed by atoms with Crippen molar-refractivity contribution in [1.82, 2.24) is 4.98 Å². The van der Waals surface area contributed by atoms with Gasteiger partial charge in [-0.05, 0) is 47.0 Å². The Bertz CT molecular complexity index is 429. The smallest absolute Gasteiger partial charge is 0.303 e. The fourth-order valence-electron chi connectivity index (χ4n) is 1.28. The molecule has 0 saturated heterocycles. The molecule has 1 heterocycles. The molecule has 0 saturated carbocycles. The van der Waals surface area contributed by atoms with Gasteiger partial charge < -0.3 is 4.74 Å². The van der Waals surface area contributed by atoms with Crippen molar-refractivity contribution in [2.45, 2.75) is 26.9 Å². The van der Waals surface area contributed by atoms with E-state index in [2.05, 4.69) is 27.5 Å². The largest absolute Gasteiger partial charge is 0.451 e. The van der Waals surface area contributed by atoms with Gasteiger partial charge in [-0.15, -0.1) is 0 Å². The summed E-state index contributed by atoms with van der Waals surface area (Å²) in [6.45, 7) is 8.95. The SMILES string of the molecule is C=C(C)C(OC(C)=O)c1cc(C)c(Br)cn1. The number of ether oxygens (including phenoxy) is 1. The molecular weight excluding hydrogens is 270 g/mol. The van der Waals surface area contributed by atoms with Gasteiger partial charge in [-0.1, -0.05) is 6.58 Å². The van der Waals surface area contributed by atoms with Crippen molar-refractivity contribution in [2.24, 2.45) is 0 Å². The lowest BCUT2D eigenvalue weighted by molar-refractivity contribution is -0.145. The number of hydrogen-bond donors (Lipinski definition) is 0. The summed E-state index contributed by atoms with van der Waals surface area (Å²) in [6, 6.07) is 1.88. The zero-order valence-corrected chi connectivity index (χ0v) is 11.2. The highest BCUT2D eigenvalue weighted by Crippen LogP contribution is 2.25. The van der Waals surface area contributed by atoms with Crippen molar-refractivity contribution in [3.63, 3.8) is 0 Å². The predicted molar refractivity (Wildman–Crippen MR) is 66.0 cm³/mol. The molecule has 3 nitrogen and oxygen atoms in total. The summed E-state index contributed by atoms with van der Waals surface area (Å²) in [5.41, 5.74) is 2.50. The maximum Gasteiger partial charge on any atom is 0.303 e. The van der Waals surface area contributed by atoms with Crippen molar-refractivity contribution in [3.05, 3.63) is 40.1 Å². The minimum absolute atomic E-state index is 0.338. The van der Waals surface area contributed by atoms with Gasteiger partial charge in [0.25, 0.3) is 0 Å². The second-order valence-electron chi connectivity index (χ2n) is 3.69. The lowest BCUT2D eigenvalue weighted by atomic mass is 10.1. The molecule has 0 aromatic carbocycles. The van der Waals surface area contributed by atoms with Gasteiger partial charge in [0.1, 0.15) is 0 Å². The van der Waals surface area contributed by atoms with Crippen LogP contribution in [0, 0.1) is 6.92 Å². The van der Waals surface area contributed by atoms with E-state index >= 15 is 0 Å². The van der Waals surface area contributed by atoms with Crippen LogP contribution in [0.25, 0.3) is 0 Å². The molecule has 0 fully saturated rings. The standard InChI is InChI=1S/C12H14BrNO2/c1-7(2)12(16-9(4)15)11-5-8(3)10(13)6-14-11/h5-6,12H,1H2,2-4H3. The van der Waals surface area contributed by atoms with Gasteiger partial charge in [-0.25, -0.2) is 0 Å². The van der Waals surface area contributed by atoms with E-state index in [4.69, 9.17) is 4.74 Å².